The molecule has 4 heteroatoms. The van der Waals surface area contributed by atoms with Crippen molar-refractivity contribution in [2.24, 2.45) is 0 Å². The van der Waals surface area contributed by atoms with E-state index < -0.39 is 6.10 Å². The average molecular weight is 215 g/mol. The minimum absolute atomic E-state index is 0.136. The summed E-state index contributed by atoms with van der Waals surface area (Å²) in [6.07, 6.45) is -0.615. The van der Waals surface area contributed by atoms with Crippen molar-refractivity contribution < 1.29 is 5.11 Å². The van der Waals surface area contributed by atoms with Gasteiger partial charge in [-0.1, -0.05) is 18.2 Å². The maximum absolute atomic E-state index is 9.60. The predicted molar refractivity (Wildman–Crippen MR) is 60.5 cm³/mol. The van der Waals surface area contributed by atoms with E-state index in [1.54, 1.807) is 24.0 Å². The molecule has 0 spiro atoms. The molecule has 0 amide bonds. The molecule has 1 aromatic rings. The van der Waals surface area contributed by atoms with Gasteiger partial charge >= 0.3 is 0 Å². The number of para-hydroxylation sites is 1. The smallest absolute Gasteiger partial charge is 0.106 e. The van der Waals surface area contributed by atoms with Gasteiger partial charge in [0.1, 0.15) is 13.1 Å². The molecule has 0 saturated carbocycles. The van der Waals surface area contributed by atoms with Gasteiger partial charge in [0, 0.05) is 11.3 Å². The van der Waals surface area contributed by atoms with Crippen molar-refractivity contribution in [3.05, 3.63) is 29.8 Å². The molecule has 0 unspecified atom stereocenters. The summed E-state index contributed by atoms with van der Waals surface area (Å²) in [6.45, 7) is 1.93. The molecule has 0 aliphatic rings. The van der Waals surface area contributed by atoms with Crippen LogP contribution in [0.25, 0.3) is 0 Å². The third kappa shape index (κ3) is 2.73. The Hall–Kier alpha value is -2.04. The van der Waals surface area contributed by atoms with E-state index in [-0.39, 0.29) is 13.1 Å². The van der Waals surface area contributed by atoms with Gasteiger partial charge in [-0.25, -0.2) is 0 Å². The molecule has 0 heterocycles. The molecule has 1 aromatic carbocycles. The van der Waals surface area contributed by atoms with Gasteiger partial charge in [0.25, 0.3) is 0 Å². The molecular weight excluding hydrogens is 202 g/mol. The first-order valence-electron chi connectivity index (χ1n) is 4.96. The summed E-state index contributed by atoms with van der Waals surface area (Å²) in [5.41, 5.74) is 1.47. The number of rotatable bonds is 4. The highest BCUT2D eigenvalue weighted by molar-refractivity contribution is 5.55. The Morgan fingerprint density at radius 3 is 2.31 bits per heavy atom. The van der Waals surface area contributed by atoms with Crippen LogP contribution in [-0.2, 0) is 0 Å². The second-order valence-electron chi connectivity index (χ2n) is 3.41. The Morgan fingerprint density at radius 1 is 1.25 bits per heavy atom. The number of hydrogen-bond donors (Lipinski definition) is 1. The summed E-state index contributed by atoms with van der Waals surface area (Å²) >= 11 is 0. The van der Waals surface area contributed by atoms with Crippen molar-refractivity contribution in [3.63, 3.8) is 0 Å². The van der Waals surface area contributed by atoms with Crippen LogP contribution in [0.2, 0.25) is 0 Å². The zero-order chi connectivity index (χ0) is 12.0. The number of anilines is 1. The predicted octanol–water partition coefficient (Wildman–Crippen LogP) is 1.59. The lowest BCUT2D eigenvalue weighted by atomic mass is 10.1. The highest BCUT2D eigenvalue weighted by Gasteiger charge is 2.13. The minimum Gasteiger partial charge on any atom is -0.389 e. The number of aliphatic hydroxyl groups excluding tert-OH is 1. The van der Waals surface area contributed by atoms with Gasteiger partial charge in [-0.05, 0) is 13.0 Å². The number of aliphatic hydroxyl groups is 1. The van der Waals surface area contributed by atoms with Gasteiger partial charge in [0.2, 0.25) is 0 Å². The largest absolute Gasteiger partial charge is 0.389 e. The standard InChI is InChI=1S/C12H13N3O/c1-10(16)11-4-2-3-5-12(11)15(8-6-13)9-7-14/h2-5,10,16H,8-9H2,1H3/t10-/m1/s1. The Kier molecular flexibility index (Phi) is 4.32. The fourth-order valence-corrected chi connectivity index (χ4v) is 1.53. The number of hydrogen-bond acceptors (Lipinski definition) is 4. The summed E-state index contributed by atoms with van der Waals surface area (Å²) in [5.74, 6) is 0. The number of benzene rings is 1. The number of nitrogens with zero attached hydrogens (tertiary/aromatic N) is 3. The maximum Gasteiger partial charge on any atom is 0.106 e. The molecule has 1 N–H and O–H groups in total. The van der Waals surface area contributed by atoms with Crippen molar-refractivity contribution >= 4 is 5.69 Å². The highest BCUT2D eigenvalue weighted by Crippen LogP contribution is 2.25. The molecule has 0 radical (unpaired) electrons. The Bertz CT molecular complexity index is 413. The van der Waals surface area contributed by atoms with E-state index in [4.69, 9.17) is 10.5 Å². The molecule has 0 aliphatic heterocycles. The van der Waals surface area contributed by atoms with E-state index in [0.717, 1.165) is 11.3 Å². The lowest BCUT2D eigenvalue weighted by Gasteiger charge is -2.22. The van der Waals surface area contributed by atoms with Gasteiger partial charge in [-0.2, -0.15) is 10.5 Å². The fraction of sp³-hybridized carbons (Fsp3) is 0.333. The van der Waals surface area contributed by atoms with Crippen LogP contribution in [-0.4, -0.2) is 18.2 Å². The van der Waals surface area contributed by atoms with Crippen molar-refractivity contribution in [1.29, 1.82) is 10.5 Å². The van der Waals surface area contributed by atoms with E-state index in [9.17, 15) is 5.11 Å². The second-order valence-corrected chi connectivity index (χ2v) is 3.41. The Balaban J connectivity index is 3.09. The van der Waals surface area contributed by atoms with Crippen molar-refractivity contribution in [3.8, 4) is 12.1 Å². The first-order valence-corrected chi connectivity index (χ1v) is 4.96. The van der Waals surface area contributed by atoms with Crippen LogP contribution in [0, 0.1) is 22.7 Å². The topological polar surface area (TPSA) is 71.0 Å². The van der Waals surface area contributed by atoms with Crippen molar-refractivity contribution in [2.75, 3.05) is 18.0 Å². The molecular formula is C12H13N3O. The molecule has 0 fully saturated rings. The van der Waals surface area contributed by atoms with Gasteiger partial charge < -0.3 is 10.0 Å². The average Bonchev–Trinajstić information content (AvgIpc) is 2.29. The lowest BCUT2D eigenvalue weighted by molar-refractivity contribution is 0.199. The molecule has 0 aliphatic carbocycles. The second kappa shape index (κ2) is 5.75. The Morgan fingerprint density at radius 2 is 1.81 bits per heavy atom. The molecule has 1 rings (SSSR count). The van der Waals surface area contributed by atoms with Gasteiger partial charge in [0.05, 0.1) is 18.2 Å². The first kappa shape index (κ1) is 12.0. The first-order chi connectivity index (χ1) is 7.70. The third-order valence-electron chi connectivity index (χ3n) is 2.25. The molecule has 16 heavy (non-hydrogen) atoms. The van der Waals surface area contributed by atoms with Crippen LogP contribution in [0.3, 0.4) is 0 Å². The molecule has 82 valence electrons. The lowest BCUT2D eigenvalue weighted by Crippen LogP contribution is -2.25. The van der Waals surface area contributed by atoms with Crippen molar-refractivity contribution in [1.82, 2.24) is 0 Å². The summed E-state index contributed by atoms with van der Waals surface area (Å²) in [4.78, 5) is 1.64. The maximum atomic E-state index is 9.60. The molecule has 0 saturated heterocycles. The van der Waals surface area contributed by atoms with Crippen LogP contribution in [0.1, 0.15) is 18.6 Å². The van der Waals surface area contributed by atoms with Gasteiger partial charge in [-0.15, -0.1) is 0 Å². The number of nitriles is 2. The van der Waals surface area contributed by atoms with Crippen LogP contribution in [0.5, 0.6) is 0 Å². The fourth-order valence-electron chi connectivity index (χ4n) is 1.53. The minimum atomic E-state index is -0.615. The summed E-state index contributed by atoms with van der Waals surface area (Å²) < 4.78 is 0. The Labute approximate surface area is 95.0 Å². The van der Waals surface area contributed by atoms with Crippen LogP contribution >= 0.6 is 0 Å². The quantitative estimate of drug-likeness (QED) is 0.774. The van der Waals surface area contributed by atoms with E-state index in [0.29, 0.717) is 0 Å². The van der Waals surface area contributed by atoms with E-state index >= 15 is 0 Å². The summed E-state index contributed by atoms with van der Waals surface area (Å²) in [5, 5.41) is 27.0. The zero-order valence-electron chi connectivity index (χ0n) is 9.09. The monoisotopic (exact) mass is 215 g/mol. The summed E-state index contributed by atoms with van der Waals surface area (Å²) in [7, 11) is 0. The van der Waals surface area contributed by atoms with Crippen molar-refractivity contribution in [2.45, 2.75) is 13.0 Å². The molecule has 0 bridgehead atoms. The van der Waals surface area contributed by atoms with E-state index in [1.165, 1.54) is 0 Å². The highest BCUT2D eigenvalue weighted by atomic mass is 16.3. The van der Waals surface area contributed by atoms with E-state index in [1.807, 2.05) is 24.3 Å². The normalized spacial score (nSPS) is 11.2. The zero-order valence-corrected chi connectivity index (χ0v) is 9.09. The van der Waals surface area contributed by atoms with Crippen LogP contribution in [0.15, 0.2) is 24.3 Å². The molecule has 4 nitrogen and oxygen atoms in total. The van der Waals surface area contributed by atoms with Gasteiger partial charge in [0.15, 0.2) is 0 Å². The summed E-state index contributed by atoms with van der Waals surface area (Å²) in [6, 6.07) is 11.3. The van der Waals surface area contributed by atoms with Gasteiger partial charge in [-0.3, -0.25) is 0 Å². The van der Waals surface area contributed by atoms with Crippen LogP contribution in [0.4, 0.5) is 5.69 Å². The van der Waals surface area contributed by atoms with Crippen LogP contribution < -0.4 is 4.90 Å². The van der Waals surface area contributed by atoms with E-state index in [2.05, 4.69) is 0 Å². The molecule has 1 atom stereocenters. The SMILES string of the molecule is C[C@@H](O)c1ccccc1N(CC#N)CC#N. The third-order valence-corrected chi connectivity index (χ3v) is 2.25. The molecule has 0 aromatic heterocycles.